The van der Waals surface area contributed by atoms with Crippen LogP contribution in [0.1, 0.15) is 44.7 Å². The molecule has 0 bridgehead atoms. The molecule has 1 aromatic carbocycles. The zero-order chi connectivity index (χ0) is 11.8. The number of hydrogen-bond acceptors (Lipinski definition) is 1. The van der Waals surface area contributed by atoms with Crippen molar-refractivity contribution in [1.82, 2.24) is 5.32 Å². The number of hydrogen-bond donors (Lipinski definition) is 1. The molecule has 0 aliphatic rings. The van der Waals surface area contributed by atoms with Crippen LogP contribution in [0.25, 0.3) is 0 Å². The SMILES string of the molecule is CCCNCc1ccccc1CCC(C)C. The first-order chi connectivity index (χ1) is 7.74. The molecule has 1 aromatic rings. The van der Waals surface area contributed by atoms with E-state index in [0.717, 1.165) is 19.0 Å². The molecule has 16 heavy (non-hydrogen) atoms. The van der Waals surface area contributed by atoms with Crippen molar-refractivity contribution in [3.05, 3.63) is 35.4 Å². The number of rotatable bonds is 7. The maximum Gasteiger partial charge on any atom is 0.0208 e. The first kappa shape index (κ1) is 13.2. The highest BCUT2D eigenvalue weighted by Crippen LogP contribution is 2.13. The Labute approximate surface area is 100 Å². The van der Waals surface area contributed by atoms with Crippen LogP contribution in [0.5, 0.6) is 0 Å². The largest absolute Gasteiger partial charge is 0.313 e. The van der Waals surface area contributed by atoms with Gasteiger partial charge in [0.15, 0.2) is 0 Å². The molecule has 0 saturated heterocycles. The van der Waals surface area contributed by atoms with Crippen molar-refractivity contribution in [2.75, 3.05) is 6.54 Å². The second-order valence-corrected chi connectivity index (χ2v) is 4.88. The van der Waals surface area contributed by atoms with Gasteiger partial charge in [-0.05, 0) is 42.9 Å². The Morgan fingerprint density at radius 1 is 1.12 bits per heavy atom. The van der Waals surface area contributed by atoms with Gasteiger partial charge >= 0.3 is 0 Å². The normalized spacial score (nSPS) is 11.0. The van der Waals surface area contributed by atoms with Crippen molar-refractivity contribution in [1.29, 1.82) is 0 Å². The van der Waals surface area contributed by atoms with Gasteiger partial charge in [0.25, 0.3) is 0 Å². The molecule has 1 N–H and O–H groups in total. The summed E-state index contributed by atoms with van der Waals surface area (Å²) in [6.45, 7) is 8.91. The summed E-state index contributed by atoms with van der Waals surface area (Å²) >= 11 is 0. The second kappa shape index (κ2) is 7.45. The average molecular weight is 219 g/mol. The molecule has 0 atom stereocenters. The van der Waals surface area contributed by atoms with Crippen LogP contribution in [0.3, 0.4) is 0 Å². The Balaban J connectivity index is 2.53. The summed E-state index contributed by atoms with van der Waals surface area (Å²) in [5.41, 5.74) is 2.98. The lowest BCUT2D eigenvalue weighted by atomic mass is 9.98. The molecule has 0 fully saturated rings. The van der Waals surface area contributed by atoms with Crippen LogP contribution in [-0.2, 0) is 13.0 Å². The summed E-state index contributed by atoms with van der Waals surface area (Å²) in [5, 5.41) is 3.48. The number of benzene rings is 1. The van der Waals surface area contributed by atoms with Gasteiger partial charge in [0.05, 0.1) is 0 Å². The first-order valence-corrected chi connectivity index (χ1v) is 6.51. The minimum Gasteiger partial charge on any atom is -0.313 e. The summed E-state index contributed by atoms with van der Waals surface area (Å²) in [6.07, 6.45) is 3.70. The second-order valence-electron chi connectivity index (χ2n) is 4.88. The highest BCUT2D eigenvalue weighted by Gasteiger charge is 2.02. The molecule has 0 aromatic heterocycles. The van der Waals surface area contributed by atoms with Crippen molar-refractivity contribution in [3.8, 4) is 0 Å². The van der Waals surface area contributed by atoms with Crippen LogP contribution in [0, 0.1) is 5.92 Å². The van der Waals surface area contributed by atoms with Crippen molar-refractivity contribution in [3.63, 3.8) is 0 Å². The fraction of sp³-hybridized carbons (Fsp3) is 0.600. The van der Waals surface area contributed by atoms with Crippen LogP contribution < -0.4 is 5.32 Å². The molecule has 0 aliphatic carbocycles. The lowest BCUT2D eigenvalue weighted by Gasteiger charge is -2.11. The van der Waals surface area contributed by atoms with E-state index in [2.05, 4.69) is 50.4 Å². The third-order valence-electron chi connectivity index (χ3n) is 2.85. The Bertz CT molecular complexity index is 291. The van der Waals surface area contributed by atoms with E-state index in [1.165, 1.54) is 30.4 Å². The molecule has 90 valence electrons. The van der Waals surface area contributed by atoms with E-state index in [1.54, 1.807) is 0 Å². The maximum absolute atomic E-state index is 3.48. The van der Waals surface area contributed by atoms with E-state index in [9.17, 15) is 0 Å². The van der Waals surface area contributed by atoms with Gasteiger partial charge in [0.1, 0.15) is 0 Å². The fourth-order valence-corrected chi connectivity index (χ4v) is 1.82. The molecule has 1 rings (SSSR count). The summed E-state index contributed by atoms with van der Waals surface area (Å²) in [6, 6.07) is 8.81. The molecule has 1 nitrogen and oxygen atoms in total. The van der Waals surface area contributed by atoms with E-state index in [-0.39, 0.29) is 0 Å². The van der Waals surface area contributed by atoms with Crippen LogP contribution in [0.15, 0.2) is 24.3 Å². The number of nitrogens with one attached hydrogen (secondary N) is 1. The van der Waals surface area contributed by atoms with Crippen molar-refractivity contribution in [2.24, 2.45) is 5.92 Å². The van der Waals surface area contributed by atoms with Crippen molar-refractivity contribution in [2.45, 2.75) is 46.6 Å². The molecule has 0 amide bonds. The molecule has 0 radical (unpaired) electrons. The average Bonchev–Trinajstić information content (AvgIpc) is 2.28. The third kappa shape index (κ3) is 4.80. The van der Waals surface area contributed by atoms with Gasteiger partial charge in [-0.1, -0.05) is 45.0 Å². The molecule has 0 spiro atoms. The quantitative estimate of drug-likeness (QED) is 0.688. The molecule has 1 heteroatoms. The summed E-state index contributed by atoms with van der Waals surface area (Å²) in [5.74, 6) is 0.789. The Morgan fingerprint density at radius 3 is 2.44 bits per heavy atom. The standard InChI is InChI=1S/C15H25N/c1-4-11-16-12-15-8-6-5-7-14(15)10-9-13(2)3/h5-8,13,16H,4,9-12H2,1-3H3. The third-order valence-corrected chi connectivity index (χ3v) is 2.85. The zero-order valence-corrected chi connectivity index (χ0v) is 10.9. The van der Waals surface area contributed by atoms with Crippen LogP contribution in [0.2, 0.25) is 0 Å². The fourth-order valence-electron chi connectivity index (χ4n) is 1.82. The summed E-state index contributed by atoms with van der Waals surface area (Å²) in [4.78, 5) is 0. The van der Waals surface area contributed by atoms with Gasteiger partial charge in [0.2, 0.25) is 0 Å². The van der Waals surface area contributed by atoms with Crippen molar-refractivity contribution < 1.29 is 0 Å². The van der Waals surface area contributed by atoms with E-state index in [4.69, 9.17) is 0 Å². The lowest BCUT2D eigenvalue weighted by Crippen LogP contribution is -2.15. The Kier molecular flexibility index (Phi) is 6.17. The smallest absolute Gasteiger partial charge is 0.0208 e. The predicted octanol–water partition coefficient (Wildman–Crippen LogP) is 3.77. The van der Waals surface area contributed by atoms with E-state index in [1.807, 2.05) is 0 Å². The van der Waals surface area contributed by atoms with Gasteiger partial charge in [0, 0.05) is 6.54 Å². The number of aryl methyl sites for hydroxylation is 1. The predicted molar refractivity (Wildman–Crippen MR) is 71.6 cm³/mol. The van der Waals surface area contributed by atoms with Gasteiger partial charge in [-0.15, -0.1) is 0 Å². The van der Waals surface area contributed by atoms with Gasteiger partial charge < -0.3 is 5.32 Å². The van der Waals surface area contributed by atoms with Gasteiger partial charge in [-0.3, -0.25) is 0 Å². The van der Waals surface area contributed by atoms with Crippen LogP contribution in [0.4, 0.5) is 0 Å². The summed E-state index contributed by atoms with van der Waals surface area (Å²) in [7, 11) is 0. The van der Waals surface area contributed by atoms with Gasteiger partial charge in [-0.2, -0.15) is 0 Å². The zero-order valence-electron chi connectivity index (χ0n) is 10.9. The molecule has 0 saturated carbocycles. The van der Waals surface area contributed by atoms with Crippen molar-refractivity contribution >= 4 is 0 Å². The summed E-state index contributed by atoms with van der Waals surface area (Å²) < 4.78 is 0. The highest BCUT2D eigenvalue weighted by molar-refractivity contribution is 5.27. The molecular weight excluding hydrogens is 194 g/mol. The Morgan fingerprint density at radius 2 is 1.81 bits per heavy atom. The van der Waals surface area contributed by atoms with E-state index in [0.29, 0.717) is 0 Å². The molecule has 0 aliphatic heterocycles. The van der Waals surface area contributed by atoms with E-state index >= 15 is 0 Å². The van der Waals surface area contributed by atoms with E-state index < -0.39 is 0 Å². The highest BCUT2D eigenvalue weighted by atomic mass is 14.8. The van der Waals surface area contributed by atoms with Crippen LogP contribution >= 0.6 is 0 Å². The Hall–Kier alpha value is -0.820. The molecular formula is C15H25N. The monoisotopic (exact) mass is 219 g/mol. The van der Waals surface area contributed by atoms with Crippen LogP contribution in [-0.4, -0.2) is 6.54 Å². The molecule has 0 unspecified atom stereocenters. The lowest BCUT2D eigenvalue weighted by molar-refractivity contribution is 0.582. The molecule has 0 heterocycles. The topological polar surface area (TPSA) is 12.0 Å². The maximum atomic E-state index is 3.48. The minimum atomic E-state index is 0.789. The van der Waals surface area contributed by atoms with Gasteiger partial charge in [-0.25, -0.2) is 0 Å². The minimum absolute atomic E-state index is 0.789. The first-order valence-electron chi connectivity index (χ1n) is 6.51.